The van der Waals surface area contributed by atoms with Crippen molar-refractivity contribution >= 4 is 0 Å². The molecule has 3 nitrogen and oxygen atoms in total. The van der Waals surface area contributed by atoms with Gasteiger partial charge in [-0.25, -0.2) is 0 Å². The van der Waals surface area contributed by atoms with E-state index in [9.17, 15) is 5.11 Å². The van der Waals surface area contributed by atoms with Gasteiger partial charge in [0.2, 0.25) is 0 Å². The van der Waals surface area contributed by atoms with E-state index >= 15 is 0 Å². The minimum absolute atomic E-state index is 0.367. The van der Waals surface area contributed by atoms with Crippen LogP contribution in [0.4, 0.5) is 0 Å². The maximum atomic E-state index is 10.5. The van der Waals surface area contributed by atoms with Gasteiger partial charge in [-0.1, -0.05) is 26.3 Å². The first kappa shape index (κ1) is 15.8. The van der Waals surface area contributed by atoms with E-state index < -0.39 is 0 Å². The van der Waals surface area contributed by atoms with Crippen molar-refractivity contribution in [3.63, 3.8) is 0 Å². The van der Waals surface area contributed by atoms with Crippen LogP contribution in [0.1, 0.15) is 69.1 Å². The van der Waals surface area contributed by atoms with Gasteiger partial charge in [0.1, 0.15) is 11.9 Å². The Morgan fingerprint density at radius 3 is 2.77 bits per heavy atom. The highest BCUT2D eigenvalue weighted by molar-refractivity contribution is 5.44. The standard InChI is InChI=1S/C19H29NO2/c1-3-20(4-2)12-11-17(21)14-9-10-19-16(13-14)15-7-5-6-8-18(15)22-19/h9-10,13,15,17-18,21H,3-8,11-12H2,1-2H3. The van der Waals surface area contributed by atoms with Gasteiger partial charge in [0, 0.05) is 18.0 Å². The predicted octanol–water partition coefficient (Wildman–Crippen LogP) is 3.87. The Labute approximate surface area is 134 Å². The Morgan fingerprint density at radius 2 is 2.00 bits per heavy atom. The van der Waals surface area contributed by atoms with Crippen molar-refractivity contribution in [1.29, 1.82) is 0 Å². The zero-order valence-corrected chi connectivity index (χ0v) is 13.9. The maximum Gasteiger partial charge on any atom is 0.123 e. The van der Waals surface area contributed by atoms with Gasteiger partial charge in [0.15, 0.2) is 0 Å². The first-order valence-corrected chi connectivity index (χ1v) is 8.93. The van der Waals surface area contributed by atoms with Crippen LogP contribution in [0.15, 0.2) is 18.2 Å². The Balaban J connectivity index is 1.68. The molecule has 0 spiro atoms. The highest BCUT2D eigenvalue weighted by Crippen LogP contribution is 2.46. The molecule has 1 N–H and O–H groups in total. The number of hydrogen-bond donors (Lipinski definition) is 1. The molecule has 0 aromatic heterocycles. The highest BCUT2D eigenvalue weighted by Gasteiger charge is 2.36. The smallest absolute Gasteiger partial charge is 0.123 e. The number of aliphatic hydroxyl groups is 1. The summed E-state index contributed by atoms with van der Waals surface area (Å²) >= 11 is 0. The number of aliphatic hydroxyl groups excluding tert-OH is 1. The first-order valence-electron chi connectivity index (χ1n) is 8.93. The molecular formula is C19H29NO2. The zero-order valence-electron chi connectivity index (χ0n) is 13.9. The Hall–Kier alpha value is -1.06. The lowest BCUT2D eigenvalue weighted by Gasteiger charge is -2.24. The van der Waals surface area contributed by atoms with Gasteiger partial charge >= 0.3 is 0 Å². The zero-order chi connectivity index (χ0) is 15.5. The van der Waals surface area contributed by atoms with E-state index in [0.29, 0.717) is 12.0 Å². The first-order chi connectivity index (χ1) is 10.7. The van der Waals surface area contributed by atoms with Crippen LogP contribution < -0.4 is 4.74 Å². The SMILES string of the molecule is CCN(CC)CCC(O)c1ccc2c(c1)C1CCCCC1O2. The molecule has 0 radical (unpaired) electrons. The summed E-state index contributed by atoms with van der Waals surface area (Å²) in [6.45, 7) is 7.39. The van der Waals surface area contributed by atoms with Crippen LogP contribution in [-0.2, 0) is 0 Å². The second kappa shape index (κ2) is 7.01. The van der Waals surface area contributed by atoms with Crippen molar-refractivity contribution in [2.75, 3.05) is 19.6 Å². The van der Waals surface area contributed by atoms with Crippen LogP contribution in [-0.4, -0.2) is 35.7 Å². The summed E-state index contributed by atoms with van der Waals surface area (Å²) in [5.74, 6) is 1.61. The van der Waals surface area contributed by atoms with E-state index in [0.717, 1.165) is 37.4 Å². The second-order valence-corrected chi connectivity index (χ2v) is 6.68. The normalized spacial score (nSPS) is 24.7. The fraction of sp³-hybridized carbons (Fsp3) is 0.684. The Bertz CT molecular complexity index is 498. The molecule has 3 atom stereocenters. The van der Waals surface area contributed by atoms with E-state index in [1.165, 1.54) is 31.2 Å². The van der Waals surface area contributed by atoms with Gasteiger partial charge in [0.05, 0.1) is 6.10 Å². The van der Waals surface area contributed by atoms with Gasteiger partial charge in [-0.3, -0.25) is 0 Å². The Kier molecular flexibility index (Phi) is 5.04. The van der Waals surface area contributed by atoms with Crippen molar-refractivity contribution < 1.29 is 9.84 Å². The van der Waals surface area contributed by atoms with Crippen LogP contribution in [0, 0.1) is 0 Å². The van der Waals surface area contributed by atoms with Crippen molar-refractivity contribution in [1.82, 2.24) is 4.90 Å². The summed E-state index contributed by atoms with van der Waals surface area (Å²) < 4.78 is 6.09. The summed E-state index contributed by atoms with van der Waals surface area (Å²) in [4.78, 5) is 2.36. The molecule has 122 valence electrons. The fourth-order valence-corrected chi connectivity index (χ4v) is 3.94. The third kappa shape index (κ3) is 3.16. The van der Waals surface area contributed by atoms with E-state index in [1.807, 2.05) is 6.07 Å². The monoisotopic (exact) mass is 303 g/mol. The molecule has 3 unspecified atom stereocenters. The molecule has 0 bridgehead atoms. The van der Waals surface area contributed by atoms with E-state index in [4.69, 9.17) is 4.74 Å². The summed E-state index contributed by atoms with van der Waals surface area (Å²) in [7, 11) is 0. The summed E-state index contributed by atoms with van der Waals surface area (Å²) in [6.07, 6.45) is 5.82. The van der Waals surface area contributed by atoms with E-state index in [1.54, 1.807) is 0 Å². The second-order valence-electron chi connectivity index (χ2n) is 6.68. The van der Waals surface area contributed by atoms with Gasteiger partial charge in [-0.15, -0.1) is 0 Å². The molecule has 0 saturated heterocycles. The minimum Gasteiger partial charge on any atom is -0.489 e. The maximum absolute atomic E-state index is 10.5. The predicted molar refractivity (Wildman–Crippen MR) is 89.4 cm³/mol. The van der Waals surface area contributed by atoms with Crippen LogP contribution in [0.3, 0.4) is 0 Å². The van der Waals surface area contributed by atoms with Crippen LogP contribution >= 0.6 is 0 Å². The topological polar surface area (TPSA) is 32.7 Å². The van der Waals surface area contributed by atoms with E-state index in [2.05, 4.69) is 30.9 Å². The average Bonchev–Trinajstić information content (AvgIpc) is 2.93. The van der Waals surface area contributed by atoms with Crippen molar-refractivity contribution in [3.05, 3.63) is 29.3 Å². The van der Waals surface area contributed by atoms with E-state index in [-0.39, 0.29) is 6.10 Å². The van der Waals surface area contributed by atoms with Gasteiger partial charge in [-0.2, -0.15) is 0 Å². The number of benzene rings is 1. The quantitative estimate of drug-likeness (QED) is 0.866. The molecule has 1 aliphatic heterocycles. The molecule has 22 heavy (non-hydrogen) atoms. The van der Waals surface area contributed by atoms with Gasteiger partial charge in [0.25, 0.3) is 0 Å². The molecule has 3 rings (SSSR count). The molecule has 1 aliphatic carbocycles. The van der Waals surface area contributed by atoms with Crippen molar-refractivity contribution in [2.45, 2.75) is 64.1 Å². The summed E-state index contributed by atoms with van der Waals surface area (Å²) in [5.41, 5.74) is 2.39. The average molecular weight is 303 g/mol. The molecule has 1 saturated carbocycles. The summed E-state index contributed by atoms with van der Waals surface area (Å²) in [6, 6.07) is 6.32. The molecule has 1 fully saturated rings. The molecule has 2 aliphatic rings. The number of hydrogen-bond acceptors (Lipinski definition) is 3. The Morgan fingerprint density at radius 1 is 1.23 bits per heavy atom. The largest absolute Gasteiger partial charge is 0.489 e. The molecule has 1 aromatic carbocycles. The third-order valence-electron chi connectivity index (χ3n) is 5.41. The lowest BCUT2D eigenvalue weighted by atomic mass is 9.82. The molecule has 0 amide bonds. The molecule has 1 heterocycles. The lowest BCUT2D eigenvalue weighted by molar-refractivity contribution is 0.145. The van der Waals surface area contributed by atoms with Gasteiger partial charge < -0.3 is 14.7 Å². The lowest BCUT2D eigenvalue weighted by Crippen LogP contribution is -2.25. The highest BCUT2D eigenvalue weighted by atomic mass is 16.5. The molecular weight excluding hydrogens is 274 g/mol. The molecule has 1 aromatic rings. The number of rotatable bonds is 6. The fourth-order valence-electron chi connectivity index (χ4n) is 3.94. The number of ether oxygens (including phenoxy) is 1. The minimum atomic E-state index is -0.367. The van der Waals surface area contributed by atoms with Gasteiger partial charge in [-0.05, 0) is 56.5 Å². The van der Waals surface area contributed by atoms with Crippen LogP contribution in [0.5, 0.6) is 5.75 Å². The van der Waals surface area contributed by atoms with Crippen LogP contribution in [0.2, 0.25) is 0 Å². The number of fused-ring (bicyclic) bond motifs is 3. The van der Waals surface area contributed by atoms with Crippen molar-refractivity contribution in [2.24, 2.45) is 0 Å². The van der Waals surface area contributed by atoms with Crippen LogP contribution in [0.25, 0.3) is 0 Å². The van der Waals surface area contributed by atoms with Crippen molar-refractivity contribution in [3.8, 4) is 5.75 Å². The molecule has 3 heteroatoms. The summed E-state index contributed by atoms with van der Waals surface area (Å²) in [5, 5.41) is 10.5. The third-order valence-corrected chi connectivity index (χ3v) is 5.41. The number of nitrogens with zero attached hydrogens (tertiary/aromatic N) is 1.